The van der Waals surface area contributed by atoms with Crippen molar-refractivity contribution >= 4 is 25.1 Å². The van der Waals surface area contributed by atoms with Crippen LogP contribution in [-0.2, 0) is 16.0 Å². The molecule has 0 aromatic heterocycles. The van der Waals surface area contributed by atoms with Gasteiger partial charge in [-0.25, -0.2) is 0 Å². The molecule has 0 saturated heterocycles. The number of unbranched alkanes of at least 4 members (excludes halogenated alkanes) is 1. The molecule has 3 aromatic rings. The second-order valence-electron chi connectivity index (χ2n) is 9.10. The quantitative estimate of drug-likeness (QED) is 0.226. The number of ether oxygens (including phenoxy) is 1. The molecule has 0 N–H and O–H groups in total. The minimum Gasteiger partial charge on any atom is -0.465 e. The van der Waals surface area contributed by atoms with Crippen LogP contribution < -0.4 is 10.4 Å². The highest BCUT2D eigenvalue weighted by atomic mass is 28.3. The summed E-state index contributed by atoms with van der Waals surface area (Å²) in [7, 11) is -1.24. The van der Waals surface area contributed by atoms with Crippen LogP contribution in [0.2, 0.25) is 6.04 Å². The van der Waals surface area contributed by atoms with Gasteiger partial charge in [0.05, 0.1) is 12.5 Å². The number of carbonyl (C=O) groups excluding carboxylic acids is 1. The lowest BCUT2D eigenvalue weighted by Crippen LogP contribution is -2.41. The van der Waals surface area contributed by atoms with Gasteiger partial charge in [0.1, 0.15) is 8.80 Å². The third kappa shape index (κ3) is 7.20. The molecule has 0 bridgehead atoms. The van der Waals surface area contributed by atoms with Crippen molar-refractivity contribution < 1.29 is 9.53 Å². The summed E-state index contributed by atoms with van der Waals surface area (Å²) < 4.78 is 5.62. The Balaban J connectivity index is 1.47. The Kier molecular flexibility index (Phi) is 9.30. The van der Waals surface area contributed by atoms with Crippen molar-refractivity contribution in [2.45, 2.75) is 52.0 Å². The number of carbonyl (C=O) groups is 1. The van der Waals surface area contributed by atoms with Crippen LogP contribution in [0.15, 0.2) is 84.9 Å². The van der Waals surface area contributed by atoms with E-state index in [9.17, 15) is 4.79 Å². The number of rotatable bonds is 11. The van der Waals surface area contributed by atoms with Crippen LogP contribution >= 0.6 is 0 Å². The van der Waals surface area contributed by atoms with Crippen molar-refractivity contribution in [2.24, 2.45) is 5.92 Å². The Bertz CT molecular complexity index is 896. The van der Waals surface area contributed by atoms with E-state index in [-0.39, 0.29) is 11.9 Å². The first kappa shape index (κ1) is 24.0. The molecule has 0 heterocycles. The van der Waals surface area contributed by atoms with E-state index in [1.165, 1.54) is 22.0 Å². The van der Waals surface area contributed by atoms with Crippen molar-refractivity contribution in [1.82, 2.24) is 0 Å². The van der Waals surface area contributed by atoms with Gasteiger partial charge in [0, 0.05) is 0 Å². The fourth-order valence-corrected chi connectivity index (χ4v) is 7.32. The molecule has 1 atom stereocenters. The minimum absolute atomic E-state index is 0.124. The Hall–Kier alpha value is -2.65. The Morgan fingerprint density at radius 3 is 1.88 bits per heavy atom. The second-order valence-corrected chi connectivity index (χ2v) is 12.1. The normalized spacial score (nSPS) is 12.2. The van der Waals surface area contributed by atoms with Crippen LogP contribution in [0.5, 0.6) is 0 Å². The molecule has 2 nitrogen and oxygen atoms in total. The maximum atomic E-state index is 12.5. The van der Waals surface area contributed by atoms with E-state index in [0.717, 1.165) is 24.8 Å². The summed E-state index contributed by atoms with van der Waals surface area (Å²) in [5.74, 6) is 0.287. The molecule has 0 aliphatic heterocycles. The van der Waals surface area contributed by atoms with Crippen LogP contribution in [0.4, 0.5) is 0 Å². The zero-order valence-electron chi connectivity index (χ0n) is 19.7. The monoisotopic (exact) mass is 444 g/mol. The lowest BCUT2D eigenvalue weighted by molar-refractivity contribution is -0.145. The van der Waals surface area contributed by atoms with Crippen LogP contribution in [0.25, 0.3) is 0 Å². The molecule has 3 rings (SSSR count). The van der Waals surface area contributed by atoms with E-state index >= 15 is 0 Å². The molecule has 0 radical (unpaired) electrons. The molecule has 0 unspecified atom stereocenters. The third-order valence-electron chi connectivity index (χ3n) is 6.01. The first-order chi connectivity index (χ1) is 15.5. The van der Waals surface area contributed by atoms with Gasteiger partial charge in [0.25, 0.3) is 0 Å². The summed E-state index contributed by atoms with van der Waals surface area (Å²) in [5, 5.41) is 2.95. The number of benzene rings is 3. The van der Waals surface area contributed by atoms with Crippen molar-refractivity contribution in [3.05, 3.63) is 96.1 Å². The van der Waals surface area contributed by atoms with Gasteiger partial charge in [-0.2, -0.15) is 0 Å². The fraction of sp³-hybridized carbons (Fsp3) is 0.345. The van der Waals surface area contributed by atoms with Gasteiger partial charge < -0.3 is 4.74 Å². The van der Waals surface area contributed by atoms with Crippen molar-refractivity contribution in [1.29, 1.82) is 0 Å². The van der Waals surface area contributed by atoms with Crippen molar-refractivity contribution in [2.75, 3.05) is 6.61 Å². The third-order valence-corrected chi connectivity index (χ3v) is 9.38. The lowest BCUT2D eigenvalue weighted by Gasteiger charge is -2.17. The highest BCUT2D eigenvalue weighted by Gasteiger charge is 2.18. The zero-order valence-corrected chi connectivity index (χ0v) is 20.8. The summed E-state index contributed by atoms with van der Waals surface area (Å²) >= 11 is 0. The van der Waals surface area contributed by atoms with Gasteiger partial charge in [0.15, 0.2) is 0 Å². The molecule has 0 aliphatic carbocycles. The molecule has 168 valence electrons. The van der Waals surface area contributed by atoms with E-state index in [0.29, 0.717) is 12.5 Å². The largest absolute Gasteiger partial charge is 0.465 e. The minimum atomic E-state index is -1.24. The Labute approximate surface area is 195 Å². The van der Waals surface area contributed by atoms with Crippen LogP contribution in [0, 0.1) is 5.92 Å². The van der Waals surface area contributed by atoms with E-state index in [1.54, 1.807) is 0 Å². The molecule has 0 spiro atoms. The molecule has 32 heavy (non-hydrogen) atoms. The Morgan fingerprint density at radius 1 is 0.781 bits per heavy atom. The average Bonchev–Trinajstić information content (AvgIpc) is 2.82. The highest BCUT2D eigenvalue weighted by Crippen LogP contribution is 2.19. The summed E-state index contributed by atoms with van der Waals surface area (Å²) in [5.41, 5.74) is 2.35. The number of hydrogen-bond donors (Lipinski definition) is 0. The predicted molar refractivity (Wildman–Crippen MR) is 138 cm³/mol. The van der Waals surface area contributed by atoms with E-state index in [2.05, 4.69) is 98.8 Å². The van der Waals surface area contributed by atoms with E-state index in [1.807, 2.05) is 6.92 Å². The van der Waals surface area contributed by atoms with Gasteiger partial charge in [-0.3, -0.25) is 4.79 Å². The average molecular weight is 445 g/mol. The van der Waals surface area contributed by atoms with Gasteiger partial charge in [-0.1, -0.05) is 122 Å². The van der Waals surface area contributed by atoms with E-state index < -0.39 is 8.80 Å². The van der Waals surface area contributed by atoms with Gasteiger partial charge >= 0.3 is 5.97 Å². The Morgan fingerprint density at radius 2 is 1.34 bits per heavy atom. The van der Waals surface area contributed by atoms with Crippen molar-refractivity contribution in [3.8, 4) is 0 Å². The highest BCUT2D eigenvalue weighted by molar-refractivity contribution is 6.85. The standard InChI is InChI=1S/C29H36O2Si/c1-23(2)22-25-16-18-26(19-17-25)24(3)29(30)31-20-10-11-21-32(27-12-6-4-7-13-27)28-14-8-5-9-15-28/h4-9,12-19,23-24,32H,10-11,20-22H2,1-3H3/t24-/m1/s1. The molecule has 0 saturated carbocycles. The lowest BCUT2D eigenvalue weighted by atomic mass is 9.97. The molecule has 3 heteroatoms. The van der Waals surface area contributed by atoms with Gasteiger partial charge in [-0.05, 0) is 36.8 Å². The topological polar surface area (TPSA) is 26.3 Å². The molecular weight excluding hydrogens is 408 g/mol. The first-order valence-electron chi connectivity index (χ1n) is 11.9. The number of hydrogen-bond acceptors (Lipinski definition) is 2. The summed E-state index contributed by atoms with van der Waals surface area (Å²) in [6.45, 7) is 6.88. The molecule has 0 fully saturated rings. The van der Waals surface area contributed by atoms with Crippen LogP contribution in [-0.4, -0.2) is 21.4 Å². The van der Waals surface area contributed by atoms with Crippen LogP contribution in [0.1, 0.15) is 50.7 Å². The molecule has 0 amide bonds. The van der Waals surface area contributed by atoms with Gasteiger partial charge in [0.2, 0.25) is 0 Å². The zero-order chi connectivity index (χ0) is 22.8. The summed E-state index contributed by atoms with van der Waals surface area (Å²) in [4.78, 5) is 12.5. The SMILES string of the molecule is CC(C)Cc1ccc([C@@H](C)C(=O)OCCCC[SiH](c2ccccc2)c2ccccc2)cc1. The van der Waals surface area contributed by atoms with Crippen molar-refractivity contribution in [3.63, 3.8) is 0 Å². The maximum Gasteiger partial charge on any atom is 0.313 e. The summed E-state index contributed by atoms with van der Waals surface area (Å²) in [6, 6.07) is 31.3. The maximum absolute atomic E-state index is 12.5. The smallest absolute Gasteiger partial charge is 0.313 e. The van der Waals surface area contributed by atoms with E-state index in [4.69, 9.17) is 4.74 Å². The molecular formula is C29H36O2Si. The number of esters is 1. The fourth-order valence-electron chi connectivity index (χ4n) is 4.19. The molecule has 0 aliphatic rings. The first-order valence-corrected chi connectivity index (χ1v) is 13.9. The molecule has 3 aromatic carbocycles. The predicted octanol–water partition coefficient (Wildman–Crippen LogP) is 5.35. The second kappa shape index (κ2) is 12.4. The van der Waals surface area contributed by atoms with Gasteiger partial charge in [-0.15, -0.1) is 0 Å². The summed E-state index contributed by atoms with van der Waals surface area (Å²) in [6.07, 6.45) is 3.05. The van der Waals surface area contributed by atoms with Crippen LogP contribution in [0.3, 0.4) is 0 Å².